The first kappa shape index (κ1) is 30.0. The number of amides is 2. The van der Waals surface area contributed by atoms with Gasteiger partial charge in [-0.25, -0.2) is 14.8 Å². The lowest BCUT2D eigenvalue weighted by molar-refractivity contribution is -0.139. The summed E-state index contributed by atoms with van der Waals surface area (Å²) in [6.45, 7) is 2.86. The fraction of sp³-hybridized carbons (Fsp3) is 0.444. The lowest BCUT2D eigenvalue weighted by Gasteiger charge is -2.15. The van der Waals surface area contributed by atoms with E-state index in [0.717, 1.165) is 25.7 Å². The molecule has 0 fully saturated rings. The molecule has 2 amide bonds. The Hall–Kier alpha value is -4.55. The zero-order valence-electron chi connectivity index (χ0n) is 22.5. The average molecular weight is 553 g/mol. The van der Waals surface area contributed by atoms with Crippen molar-refractivity contribution in [1.82, 2.24) is 30.6 Å². The molecular weight excluding hydrogens is 516 g/mol. The van der Waals surface area contributed by atoms with Crippen molar-refractivity contribution in [3.8, 4) is 0 Å². The number of aliphatic carboxylic acids is 1. The van der Waals surface area contributed by atoms with Crippen molar-refractivity contribution in [3.05, 3.63) is 52.1 Å². The monoisotopic (exact) mass is 552 g/mol. The second-order valence-electron chi connectivity index (χ2n) is 9.44. The Kier molecular flexibility index (Phi) is 11.4. The predicted molar refractivity (Wildman–Crippen MR) is 151 cm³/mol. The number of anilines is 2. The van der Waals surface area contributed by atoms with Crippen molar-refractivity contribution in [2.75, 3.05) is 17.6 Å². The van der Waals surface area contributed by atoms with E-state index in [1.165, 1.54) is 6.20 Å². The third-order valence-corrected chi connectivity index (χ3v) is 6.21. The molecule has 13 nitrogen and oxygen atoms in total. The number of nitrogens with zero attached hydrogens (tertiary/aromatic N) is 3. The molecule has 0 saturated carbocycles. The molecule has 7 N–H and O–H groups in total. The van der Waals surface area contributed by atoms with Crippen LogP contribution in [0.4, 0.5) is 11.6 Å². The van der Waals surface area contributed by atoms with Gasteiger partial charge in [0, 0.05) is 24.2 Å². The van der Waals surface area contributed by atoms with Crippen molar-refractivity contribution in [1.29, 1.82) is 0 Å². The highest BCUT2D eigenvalue weighted by atomic mass is 16.4. The summed E-state index contributed by atoms with van der Waals surface area (Å²) in [6, 6.07) is 5.49. The van der Waals surface area contributed by atoms with Crippen LogP contribution in [0.5, 0.6) is 0 Å². The Morgan fingerprint density at radius 3 is 2.55 bits per heavy atom. The molecule has 214 valence electrons. The number of rotatable bonds is 16. The van der Waals surface area contributed by atoms with Crippen LogP contribution in [-0.2, 0) is 16.1 Å². The lowest BCUT2D eigenvalue weighted by Crippen LogP contribution is -2.40. The van der Waals surface area contributed by atoms with Gasteiger partial charge in [0.1, 0.15) is 6.04 Å². The number of carboxylic acid groups (broad SMARTS) is 1. The van der Waals surface area contributed by atoms with Crippen molar-refractivity contribution in [2.45, 2.75) is 70.9 Å². The molecule has 0 unspecified atom stereocenters. The Labute approximate surface area is 231 Å². The first-order chi connectivity index (χ1) is 19.3. The van der Waals surface area contributed by atoms with E-state index < -0.39 is 23.5 Å². The summed E-state index contributed by atoms with van der Waals surface area (Å²) in [7, 11) is 0. The van der Waals surface area contributed by atoms with E-state index in [4.69, 9.17) is 5.73 Å². The van der Waals surface area contributed by atoms with E-state index in [0.29, 0.717) is 42.8 Å². The normalized spacial score (nSPS) is 11.6. The van der Waals surface area contributed by atoms with E-state index >= 15 is 0 Å². The Balaban J connectivity index is 1.43. The number of hydrogen-bond acceptors (Lipinski definition) is 9. The van der Waals surface area contributed by atoms with Gasteiger partial charge in [0.25, 0.3) is 11.5 Å². The topological polar surface area (TPSA) is 205 Å². The zero-order valence-corrected chi connectivity index (χ0v) is 22.5. The van der Waals surface area contributed by atoms with Crippen LogP contribution in [0.3, 0.4) is 0 Å². The second-order valence-corrected chi connectivity index (χ2v) is 9.44. The molecule has 0 aliphatic rings. The molecule has 3 aromatic rings. The van der Waals surface area contributed by atoms with Crippen molar-refractivity contribution >= 4 is 40.6 Å². The molecule has 2 aromatic heterocycles. The molecule has 1 aromatic carbocycles. The van der Waals surface area contributed by atoms with E-state index in [1.54, 1.807) is 24.3 Å². The molecule has 1 atom stereocenters. The number of nitrogens with one attached hydrogen (secondary N) is 4. The maximum absolute atomic E-state index is 12.6. The number of benzene rings is 1. The van der Waals surface area contributed by atoms with Gasteiger partial charge in [-0.05, 0) is 49.9 Å². The molecule has 0 radical (unpaired) electrons. The highest BCUT2D eigenvalue weighted by Gasteiger charge is 2.20. The van der Waals surface area contributed by atoms with E-state index in [-0.39, 0.29) is 36.0 Å². The molecule has 0 bridgehead atoms. The first-order valence-corrected chi connectivity index (χ1v) is 13.4. The van der Waals surface area contributed by atoms with Gasteiger partial charge in [0.2, 0.25) is 11.9 Å². The summed E-state index contributed by atoms with van der Waals surface area (Å²) >= 11 is 0. The van der Waals surface area contributed by atoms with Crippen molar-refractivity contribution < 1.29 is 19.5 Å². The van der Waals surface area contributed by atoms with Gasteiger partial charge < -0.3 is 26.8 Å². The summed E-state index contributed by atoms with van der Waals surface area (Å²) in [5, 5.41) is 18.1. The number of aromatic nitrogens is 4. The summed E-state index contributed by atoms with van der Waals surface area (Å²) < 4.78 is 0. The van der Waals surface area contributed by atoms with Gasteiger partial charge in [-0.1, -0.05) is 26.2 Å². The lowest BCUT2D eigenvalue weighted by atomic mass is 10.1. The van der Waals surface area contributed by atoms with Crippen LogP contribution in [0.25, 0.3) is 11.2 Å². The molecule has 0 aliphatic carbocycles. The number of fused-ring (bicyclic) bond motifs is 1. The SMILES string of the molecule is CCCCCCC(=O)NCCCC[C@H](NC(=O)c1ccc(NCc2cnc3nc(N)[nH]c(=O)c3n2)cc1)C(=O)O. The summed E-state index contributed by atoms with van der Waals surface area (Å²) in [6.07, 6.45) is 7.58. The largest absolute Gasteiger partial charge is 0.480 e. The van der Waals surface area contributed by atoms with Gasteiger partial charge in [-0.3, -0.25) is 19.4 Å². The highest BCUT2D eigenvalue weighted by molar-refractivity contribution is 5.96. The highest BCUT2D eigenvalue weighted by Crippen LogP contribution is 2.12. The van der Waals surface area contributed by atoms with Gasteiger partial charge >= 0.3 is 5.97 Å². The number of H-pyrrole nitrogens is 1. The molecular formula is C27H36N8O5. The standard InChI is InChI=1S/C27H36N8O5/c1-2-3-4-5-9-21(36)29-14-7-6-8-20(26(39)40)33-24(37)17-10-12-18(13-11-17)30-15-19-16-31-23-22(32-19)25(38)35-27(28)34-23/h10-13,16,20,30H,2-9,14-15H2,1H3,(H,29,36)(H,33,37)(H,39,40)(H3,28,31,34,35,38)/t20-/m0/s1. The molecule has 2 heterocycles. The van der Waals surface area contributed by atoms with Crippen molar-refractivity contribution in [3.63, 3.8) is 0 Å². The van der Waals surface area contributed by atoms with E-state index in [1.807, 2.05) is 0 Å². The molecule has 3 rings (SSSR count). The molecule has 0 saturated heterocycles. The number of nitrogens with two attached hydrogens (primary N) is 1. The Morgan fingerprint density at radius 2 is 1.82 bits per heavy atom. The van der Waals surface area contributed by atoms with Crippen LogP contribution in [0.15, 0.2) is 35.3 Å². The zero-order chi connectivity index (χ0) is 28.9. The number of carbonyl (C=O) groups excluding carboxylic acids is 2. The minimum absolute atomic E-state index is 0.0143. The fourth-order valence-corrected chi connectivity index (χ4v) is 3.99. The fourth-order valence-electron chi connectivity index (χ4n) is 3.99. The minimum atomic E-state index is -1.11. The Bertz CT molecular complexity index is 1360. The summed E-state index contributed by atoms with van der Waals surface area (Å²) in [5.41, 5.74) is 6.77. The van der Waals surface area contributed by atoms with Crippen LogP contribution >= 0.6 is 0 Å². The number of nitrogen functional groups attached to an aromatic ring is 1. The van der Waals surface area contributed by atoms with E-state index in [2.05, 4.69) is 42.8 Å². The second kappa shape index (κ2) is 15.1. The van der Waals surface area contributed by atoms with Gasteiger partial charge in [0.05, 0.1) is 18.4 Å². The maximum Gasteiger partial charge on any atom is 0.326 e. The predicted octanol–water partition coefficient (Wildman–Crippen LogP) is 2.35. The molecule has 0 spiro atoms. The number of carbonyl (C=O) groups is 3. The summed E-state index contributed by atoms with van der Waals surface area (Å²) in [5.74, 6) is -1.63. The molecule has 0 aliphatic heterocycles. The summed E-state index contributed by atoms with van der Waals surface area (Å²) in [4.78, 5) is 62.8. The van der Waals surface area contributed by atoms with Crippen LogP contribution in [0.2, 0.25) is 0 Å². The number of unbranched alkanes of at least 4 members (excludes halogenated alkanes) is 4. The minimum Gasteiger partial charge on any atom is -0.480 e. The number of aromatic amines is 1. The van der Waals surface area contributed by atoms with E-state index in [9.17, 15) is 24.3 Å². The Morgan fingerprint density at radius 1 is 1.05 bits per heavy atom. The van der Waals surface area contributed by atoms with Gasteiger partial charge in [0.15, 0.2) is 11.2 Å². The van der Waals surface area contributed by atoms with Gasteiger partial charge in [-0.2, -0.15) is 4.98 Å². The maximum atomic E-state index is 12.6. The molecule has 40 heavy (non-hydrogen) atoms. The molecule has 13 heteroatoms. The van der Waals surface area contributed by atoms with Crippen LogP contribution in [0, 0.1) is 0 Å². The van der Waals surface area contributed by atoms with Crippen LogP contribution in [-0.4, -0.2) is 55.4 Å². The number of carboxylic acids is 1. The van der Waals surface area contributed by atoms with Crippen molar-refractivity contribution in [2.24, 2.45) is 0 Å². The first-order valence-electron chi connectivity index (χ1n) is 13.4. The van der Waals surface area contributed by atoms with Gasteiger partial charge in [-0.15, -0.1) is 0 Å². The van der Waals surface area contributed by atoms with Crippen LogP contribution < -0.4 is 27.2 Å². The third-order valence-electron chi connectivity index (χ3n) is 6.21. The van der Waals surface area contributed by atoms with Crippen LogP contribution in [0.1, 0.15) is 74.3 Å². The third kappa shape index (κ3) is 9.33. The average Bonchev–Trinajstić information content (AvgIpc) is 2.93. The smallest absolute Gasteiger partial charge is 0.326 e. The quantitative estimate of drug-likeness (QED) is 0.143. The number of hydrogen-bond donors (Lipinski definition) is 6.